The van der Waals surface area contributed by atoms with Crippen LogP contribution >= 0.6 is 0 Å². The molecule has 0 atom stereocenters. The van der Waals surface area contributed by atoms with Gasteiger partial charge in [0.05, 0.1) is 19.8 Å². The van der Waals surface area contributed by atoms with E-state index in [0.29, 0.717) is 12.5 Å². The van der Waals surface area contributed by atoms with E-state index in [1.54, 1.807) is 0 Å². The second-order valence-corrected chi connectivity index (χ2v) is 5.01. The Kier molecular flexibility index (Phi) is 11.3. The molecule has 0 rings (SSSR count). The summed E-state index contributed by atoms with van der Waals surface area (Å²) in [6.07, 6.45) is 1.13. The monoisotopic (exact) mass is 233 g/mol. The van der Waals surface area contributed by atoms with Gasteiger partial charge in [-0.3, -0.25) is 0 Å². The average Bonchev–Trinajstić information content (AvgIpc) is 2.20. The largest absolute Gasteiger partial charge is 0.379 e. The van der Waals surface area contributed by atoms with Crippen LogP contribution in [0.15, 0.2) is 0 Å². The van der Waals surface area contributed by atoms with E-state index in [0.717, 1.165) is 45.2 Å². The molecule has 0 saturated heterocycles. The van der Waals surface area contributed by atoms with Crippen LogP contribution in [-0.2, 0) is 9.47 Å². The van der Waals surface area contributed by atoms with Crippen LogP contribution in [0.1, 0.15) is 35.5 Å². The summed E-state index contributed by atoms with van der Waals surface area (Å²) in [5.41, 5.74) is 0. The highest BCUT2D eigenvalue weighted by atomic mass is 16.5. The summed E-state index contributed by atoms with van der Waals surface area (Å²) in [4.78, 5) is 0. The van der Waals surface area contributed by atoms with Crippen molar-refractivity contribution in [3.8, 4) is 0 Å². The van der Waals surface area contributed by atoms with Gasteiger partial charge < -0.3 is 14.8 Å². The molecule has 0 aliphatic heterocycles. The molecule has 3 heteroatoms. The van der Waals surface area contributed by atoms with Crippen LogP contribution in [0.4, 0.5) is 0 Å². The Bertz CT molecular complexity index is 127. The van der Waals surface area contributed by atoms with E-state index in [1.165, 1.54) is 0 Å². The maximum absolute atomic E-state index is 5.44. The minimum Gasteiger partial charge on any atom is -0.379 e. The topological polar surface area (TPSA) is 30.5 Å². The molecular weight excluding hydrogens is 202 g/mol. The van der Waals surface area contributed by atoms with Crippen LogP contribution in [0, 0.1) is 11.8 Å². The predicted octanol–water partition coefficient (Wildman–Crippen LogP) is 2.56. The second-order valence-electron chi connectivity index (χ2n) is 5.01. The number of rotatable bonds is 11. The molecule has 0 fully saturated rings. The quantitative estimate of drug-likeness (QED) is 0.556. The van der Waals surface area contributed by atoms with Gasteiger partial charge in [0.2, 0.25) is 0 Å². The first-order valence-corrected chi connectivity index (χ1v) is 6.49. The van der Waals surface area contributed by atoms with Crippen LogP contribution < -0.4 is 5.32 Å². The smallest absolute Gasteiger partial charge is 0.0701 e. The van der Waals surface area contributed by atoms with Gasteiger partial charge in [-0.1, -0.05) is 27.7 Å². The van der Waals surface area contributed by atoms with Gasteiger partial charge >= 0.3 is 0 Å². The summed E-state index contributed by atoms with van der Waals surface area (Å²) < 4.78 is 10.9. The fourth-order valence-corrected chi connectivity index (χ4v) is 1.18. The molecule has 0 aliphatic rings. The third kappa shape index (κ3) is 13.9. The van der Waals surface area contributed by atoms with Gasteiger partial charge in [-0.2, -0.15) is 0 Å². The molecule has 0 radical (unpaired) electrons. The molecule has 0 amide bonds. The van der Waals surface area contributed by atoms with E-state index in [4.69, 9.17) is 9.47 Å². The standard InChI is InChI=1S/C13H29NO2.H2/c1-12(2)5-7-15-9-10-16-8-6-14-11-13(3)4;/h12-14H,5-11H2,1-4H3;1H. The van der Waals surface area contributed by atoms with Crippen LogP contribution in [0.2, 0.25) is 0 Å². The molecule has 3 nitrogen and oxygen atoms in total. The fraction of sp³-hybridized carbons (Fsp3) is 1.00. The number of hydrogen-bond acceptors (Lipinski definition) is 3. The molecule has 0 aliphatic carbocycles. The summed E-state index contributed by atoms with van der Waals surface area (Å²) in [5.74, 6) is 1.43. The normalized spacial score (nSPS) is 11.6. The molecule has 100 valence electrons. The molecule has 1 N–H and O–H groups in total. The third-order valence-corrected chi connectivity index (χ3v) is 2.19. The number of nitrogens with one attached hydrogen (secondary N) is 1. The zero-order valence-electron chi connectivity index (χ0n) is 11.4. The molecule has 0 heterocycles. The first kappa shape index (κ1) is 15.9. The lowest BCUT2D eigenvalue weighted by Gasteiger charge is -2.09. The van der Waals surface area contributed by atoms with Gasteiger partial charge in [-0.25, -0.2) is 0 Å². The lowest BCUT2D eigenvalue weighted by Crippen LogP contribution is -2.24. The van der Waals surface area contributed by atoms with Crippen molar-refractivity contribution in [2.45, 2.75) is 34.1 Å². The highest BCUT2D eigenvalue weighted by Crippen LogP contribution is 1.98. The summed E-state index contributed by atoms with van der Waals surface area (Å²) in [6.45, 7) is 13.9. The maximum Gasteiger partial charge on any atom is 0.0701 e. The lowest BCUT2D eigenvalue weighted by molar-refractivity contribution is 0.0449. The highest BCUT2D eigenvalue weighted by molar-refractivity contribution is 4.50. The van der Waals surface area contributed by atoms with Crippen molar-refractivity contribution in [3.63, 3.8) is 0 Å². The van der Waals surface area contributed by atoms with E-state index >= 15 is 0 Å². The number of ether oxygens (including phenoxy) is 2. The Morgan fingerprint density at radius 3 is 2.06 bits per heavy atom. The van der Waals surface area contributed by atoms with Crippen molar-refractivity contribution in [1.29, 1.82) is 0 Å². The first-order valence-electron chi connectivity index (χ1n) is 6.49. The molecule has 0 unspecified atom stereocenters. The SMILES string of the molecule is CC(C)CCOCCOCCNCC(C)C.[HH]. The maximum atomic E-state index is 5.44. The highest BCUT2D eigenvalue weighted by Gasteiger charge is 1.95. The molecule has 0 saturated carbocycles. The molecule has 0 aromatic heterocycles. The molecule has 0 aromatic carbocycles. The van der Waals surface area contributed by atoms with E-state index in [9.17, 15) is 0 Å². The summed E-state index contributed by atoms with van der Waals surface area (Å²) in [6, 6.07) is 0. The van der Waals surface area contributed by atoms with Crippen molar-refractivity contribution in [1.82, 2.24) is 5.32 Å². The van der Waals surface area contributed by atoms with E-state index in [1.807, 2.05) is 0 Å². The summed E-state index contributed by atoms with van der Waals surface area (Å²) in [5, 5.41) is 3.34. The van der Waals surface area contributed by atoms with E-state index < -0.39 is 0 Å². The Labute approximate surface area is 102 Å². The van der Waals surface area contributed by atoms with Crippen molar-refractivity contribution in [2.24, 2.45) is 11.8 Å². The fourth-order valence-electron chi connectivity index (χ4n) is 1.18. The van der Waals surface area contributed by atoms with Gasteiger partial charge in [0.15, 0.2) is 0 Å². The molecular formula is C13H31NO2. The van der Waals surface area contributed by atoms with E-state index in [-0.39, 0.29) is 1.43 Å². The molecule has 0 aromatic rings. The van der Waals surface area contributed by atoms with Crippen LogP contribution in [0.25, 0.3) is 0 Å². The van der Waals surface area contributed by atoms with Crippen molar-refractivity contribution in [2.75, 3.05) is 39.5 Å². The molecule has 0 bridgehead atoms. The van der Waals surface area contributed by atoms with Gasteiger partial charge in [0.25, 0.3) is 0 Å². The minimum absolute atomic E-state index is 0. The van der Waals surface area contributed by atoms with Crippen LogP contribution in [0.5, 0.6) is 0 Å². The predicted molar refractivity (Wildman–Crippen MR) is 70.9 cm³/mol. The Balaban J connectivity index is 0. The van der Waals surface area contributed by atoms with Gasteiger partial charge in [0, 0.05) is 14.6 Å². The Morgan fingerprint density at radius 2 is 1.50 bits per heavy atom. The molecule has 0 spiro atoms. The van der Waals surface area contributed by atoms with Crippen molar-refractivity contribution in [3.05, 3.63) is 0 Å². The second kappa shape index (κ2) is 11.4. The first-order chi connectivity index (χ1) is 7.63. The van der Waals surface area contributed by atoms with Crippen LogP contribution in [0.3, 0.4) is 0 Å². The van der Waals surface area contributed by atoms with Gasteiger partial charge in [0.1, 0.15) is 0 Å². The summed E-state index contributed by atoms with van der Waals surface area (Å²) in [7, 11) is 0. The Hall–Kier alpha value is -0.120. The Morgan fingerprint density at radius 1 is 0.875 bits per heavy atom. The number of hydrogen-bond donors (Lipinski definition) is 1. The lowest BCUT2D eigenvalue weighted by atomic mass is 10.1. The third-order valence-electron chi connectivity index (χ3n) is 2.19. The minimum atomic E-state index is 0. The molecule has 16 heavy (non-hydrogen) atoms. The van der Waals surface area contributed by atoms with Gasteiger partial charge in [-0.15, -0.1) is 0 Å². The van der Waals surface area contributed by atoms with Crippen molar-refractivity contribution >= 4 is 0 Å². The zero-order chi connectivity index (χ0) is 12.2. The van der Waals surface area contributed by atoms with Gasteiger partial charge in [-0.05, 0) is 24.8 Å². The zero-order valence-corrected chi connectivity index (χ0v) is 11.4. The average molecular weight is 233 g/mol. The van der Waals surface area contributed by atoms with Crippen LogP contribution in [-0.4, -0.2) is 39.5 Å². The van der Waals surface area contributed by atoms with E-state index in [2.05, 4.69) is 33.0 Å². The van der Waals surface area contributed by atoms with Crippen molar-refractivity contribution < 1.29 is 10.9 Å². The summed E-state index contributed by atoms with van der Waals surface area (Å²) >= 11 is 0.